The van der Waals surface area contributed by atoms with Gasteiger partial charge < -0.3 is 15.5 Å². The highest BCUT2D eigenvalue weighted by Gasteiger charge is 2.47. The summed E-state index contributed by atoms with van der Waals surface area (Å²) in [5, 5.41) is 15.3. The molecule has 5 rings (SSSR count). The van der Waals surface area contributed by atoms with Crippen LogP contribution in [0.15, 0.2) is 24.3 Å². The first kappa shape index (κ1) is 17.6. The van der Waals surface area contributed by atoms with E-state index in [1.165, 1.54) is 4.80 Å². The Labute approximate surface area is 163 Å². The highest BCUT2D eigenvalue weighted by molar-refractivity contribution is 5.79. The molecule has 2 aromatic rings. The molecule has 3 saturated heterocycles. The minimum absolute atomic E-state index is 0.0791. The quantitative estimate of drug-likeness (QED) is 0.805. The number of benzene rings is 1. The third kappa shape index (κ3) is 3.15. The van der Waals surface area contributed by atoms with Gasteiger partial charge in [-0.25, -0.2) is 0 Å². The molecule has 1 aromatic heterocycles. The van der Waals surface area contributed by atoms with Gasteiger partial charge in [-0.2, -0.15) is 15.0 Å². The number of hydrogen-bond donors (Lipinski definition) is 2. The van der Waals surface area contributed by atoms with Crippen molar-refractivity contribution in [3.63, 3.8) is 0 Å². The molecule has 2 N–H and O–H groups in total. The van der Waals surface area contributed by atoms with Gasteiger partial charge >= 0.3 is 0 Å². The van der Waals surface area contributed by atoms with Crippen molar-refractivity contribution in [1.29, 1.82) is 0 Å². The summed E-state index contributed by atoms with van der Waals surface area (Å²) >= 11 is 0. The number of rotatable bonds is 4. The number of carbonyl (C=O) groups excluding carboxylic acids is 2. The van der Waals surface area contributed by atoms with Crippen LogP contribution in [-0.2, 0) is 16.1 Å². The van der Waals surface area contributed by atoms with Crippen LogP contribution in [0.2, 0.25) is 0 Å². The largest absolute Gasteiger partial charge is 0.352 e. The van der Waals surface area contributed by atoms with Gasteiger partial charge in [0.1, 0.15) is 17.6 Å². The molecule has 0 spiro atoms. The van der Waals surface area contributed by atoms with Crippen LogP contribution in [-0.4, -0.2) is 63.4 Å². The molecule has 3 aliphatic heterocycles. The monoisotopic (exact) mass is 382 g/mol. The minimum atomic E-state index is -0.118. The molecule has 2 bridgehead atoms. The Morgan fingerprint density at radius 1 is 1.18 bits per heavy atom. The summed E-state index contributed by atoms with van der Waals surface area (Å²) < 4.78 is 0. The van der Waals surface area contributed by atoms with Crippen molar-refractivity contribution < 1.29 is 9.59 Å². The van der Waals surface area contributed by atoms with Crippen LogP contribution in [0.4, 0.5) is 0 Å². The van der Waals surface area contributed by atoms with E-state index in [0.29, 0.717) is 30.8 Å². The standard InChI is InChI=1S/C20H26N6O2/c27-19(12-25-23-15-4-1-2-5-16(15)24-25)22-11-18-14-8-13(9-21-10-14)17-6-3-7-20(28)26(17)18/h1-2,4-5,13-14,17-18,21H,3,6-12H2,(H,22,27)/t13-,14+,17+,18+/m1/s1. The predicted molar refractivity (Wildman–Crippen MR) is 103 cm³/mol. The number of carbonyl (C=O) groups is 2. The van der Waals surface area contributed by atoms with Gasteiger partial charge in [0.25, 0.3) is 0 Å². The molecule has 8 heteroatoms. The van der Waals surface area contributed by atoms with Crippen LogP contribution >= 0.6 is 0 Å². The molecular formula is C20H26N6O2. The molecule has 28 heavy (non-hydrogen) atoms. The van der Waals surface area contributed by atoms with E-state index < -0.39 is 0 Å². The number of piperidine rings is 3. The molecule has 3 fully saturated rings. The maximum atomic E-state index is 12.7. The lowest BCUT2D eigenvalue weighted by Crippen LogP contribution is -2.66. The van der Waals surface area contributed by atoms with Gasteiger partial charge in [-0.15, -0.1) is 0 Å². The lowest BCUT2D eigenvalue weighted by molar-refractivity contribution is -0.149. The van der Waals surface area contributed by atoms with Crippen molar-refractivity contribution in [2.24, 2.45) is 11.8 Å². The lowest BCUT2D eigenvalue weighted by atomic mass is 9.72. The highest BCUT2D eigenvalue weighted by Crippen LogP contribution is 2.39. The van der Waals surface area contributed by atoms with Crippen LogP contribution in [0.3, 0.4) is 0 Å². The molecular weight excluding hydrogens is 356 g/mol. The van der Waals surface area contributed by atoms with E-state index in [4.69, 9.17) is 0 Å². The Balaban J connectivity index is 1.26. The smallest absolute Gasteiger partial charge is 0.243 e. The van der Waals surface area contributed by atoms with E-state index in [1.54, 1.807) is 0 Å². The van der Waals surface area contributed by atoms with E-state index in [-0.39, 0.29) is 24.4 Å². The lowest BCUT2D eigenvalue weighted by Gasteiger charge is -2.54. The first-order valence-corrected chi connectivity index (χ1v) is 10.3. The van der Waals surface area contributed by atoms with Gasteiger partial charge in [0.15, 0.2) is 0 Å². The molecule has 0 radical (unpaired) electrons. The average Bonchev–Trinajstić information content (AvgIpc) is 3.11. The highest BCUT2D eigenvalue weighted by atomic mass is 16.2. The van der Waals surface area contributed by atoms with Gasteiger partial charge in [0, 0.05) is 25.6 Å². The van der Waals surface area contributed by atoms with Gasteiger partial charge in [0.05, 0.1) is 6.04 Å². The maximum absolute atomic E-state index is 12.7. The zero-order valence-corrected chi connectivity index (χ0v) is 15.9. The summed E-state index contributed by atoms with van der Waals surface area (Å²) in [6.45, 7) is 2.51. The Morgan fingerprint density at radius 2 is 1.93 bits per heavy atom. The summed E-state index contributed by atoms with van der Waals surface area (Å²) in [4.78, 5) is 28.7. The molecule has 3 aliphatic rings. The Bertz CT molecular complexity index is 863. The molecule has 2 amide bonds. The predicted octanol–water partition coefficient (Wildman–Crippen LogP) is 0.537. The van der Waals surface area contributed by atoms with E-state index in [9.17, 15) is 9.59 Å². The number of nitrogens with one attached hydrogen (secondary N) is 2. The Hall–Kier alpha value is -2.48. The molecule has 0 saturated carbocycles. The van der Waals surface area contributed by atoms with E-state index in [2.05, 4.69) is 25.7 Å². The van der Waals surface area contributed by atoms with Gasteiger partial charge in [-0.05, 0) is 49.8 Å². The SMILES string of the molecule is O=C(Cn1nc2ccccc2n1)NC[C@H]1[C@@H]2CNC[C@@H](C2)[C@@H]2CCCC(=O)N21. The second kappa shape index (κ2) is 7.16. The average molecular weight is 382 g/mol. The molecule has 0 aliphatic carbocycles. The van der Waals surface area contributed by atoms with Crippen LogP contribution in [0.1, 0.15) is 25.7 Å². The van der Waals surface area contributed by atoms with Crippen molar-refractivity contribution in [3.8, 4) is 0 Å². The fourth-order valence-electron chi connectivity index (χ4n) is 5.28. The zero-order chi connectivity index (χ0) is 19.1. The number of fused-ring (bicyclic) bond motifs is 5. The Kier molecular flexibility index (Phi) is 4.50. The third-order valence-electron chi connectivity index (χ3n) is 6.52. The van der Waals surface area contributed by atoms with Crippen molar-refractivity contribution in [3.05, 3.63) is 24.3 Å². The van der Waals surface area contributed by atoms with E-state index >= 15 is 0 Å². The Morgan fingerprint density at radius 3 is 2.71 bits per heavy atom. The van der Waals surface area contributed by atoms with Crippen molar-refractivity contribution >= 4 is 22.8 Å². The summed E-state index contributed by atoms with van der Waals surface area (Å²) in [5.74, 6) is 1.10. The number of hydrogen-bond acceptors (Lipinski definition) is 5. The summed E-state index contributed by atoms with van der Waals surface area (Å²) in [6, 6.07) is 7.98. The molecule has 0 unspecified atom stereocenters. The molecule has 1 aromatic carbocycles. The van der Waals surface area contributed by atoms with Crippen LogP contribution in [0, 0.1) is 11.8 Å². The minimum Gasteiger partial charge on any atom is -0.352 e. The second-order valence-corrected chi connectivity index (χ2v) is 8.27. The fraction of sp³-hybridized carbons (Fsp3) is 0.600. The fourth-order valence-corrected chi connectivity index (χ4v) is 5.28. The van der Waals surface area contributed by atoms with Crippen molar-refractivity contribution in [1.82, 2.24) is 30.5 Å². The first-order valence-electron chi connectivity index (χ1n) is 10.3. The van der Waals surface area contributed by atoms with Crippen LogP contribution in [0.5, 0.6) is 0 Å². The van der Waals surface area contributed by atoms with E-state index in [0.717, 1.165) is 43.4 Å². The van der Waals surface area contributed by atoms with Gasteiger partial charge in [-0.3, -0.25) is 9.59 Å². The molecule has 4 heterocycles. The first-order chi connectivity index (χ1) is 13.7. The topological polar surface area (TPSA) is 92.1 Å². The molecule has 148 valence electrons. The molecule has 8 nitrogen and oxygen atoms in total. The zero-order valence-electron chi connectivity index (χ0n) is 15.9. The van der Waals surface area contributed by atoms with Crippen LogP contribution < -0.4 is 10.6 Å². The van der Waals surface area contributed by atoms with Crippen molar-refractivity contribution in [2.45, 2.75) is 44.3 Å². The summed E-state index contributed by atoms with van der Waals surface area (Å²) in [7, 11) is 0. The van der Waals surface area contributed by atoms with Crippen molar-refractivity contribution in [2.75, 3.05) is 19.6 Å². The third-order valence-corrected chi connectivity index (χ3v) is 6.52. The number of aromatic nitrogens is 3. The number of nitrogens with zero attached hydrogens (tertiary/aromatic N) is 4. The normalized spacial score (nSPS) is 29.6. The second-order valence-electron chi connectivity index (χ2n) is 8.27. The summed E-state index contributed by atoms with van der Waals surface area (Å²) in [5.41, 5.74) is 1.56. The summed E-state index contributed by atoms with van der Waals surface area (Å²) in [6.07, 6.45) is 3.85. The van der Waals surface area contributed by atoms with E-state index in [1.807, 2.05) is 24.3 Å². The maximum Gasteiger partial charge on any atom is 0.243 e. The number of amides is 2. The van der Waals surface area contributed by atoms with Gasteiger partial charge in [0.2, 0.25) is 11.8 Å². The van der Waals surface area contributed by atoms with Gasteiger partial charge in [-0.1, -0.05) is 12.1 Å². The van der Waals surface area contributed by atoms with Crippen LogP contribution in [0.25, 0.3) is 11.0 Å². The molecule has 4 atom stereocenters.